The molecule has 150 valence electrons. The van der Waals surface area contributed by atoms with Crippen LogP contribution in [0.1, 0.15) is 11.1 Å². The normalized spacial score (nSPS) is 12.8. The third-order valence-corrected chi connectivity index (χ3v) is 4.15. The number of carbonyl (C=O) groups is 2. The van der Waals surface area contributed by atoms with E-state index in [1.54, 1.807) is 0 Å². The summed E-state index contributed by atoms with van der Waals surface area (Å²) in [5.74, 6) is -1.05. The number of nitrogens with two attached hydrogens (primary N) is 1. The summed E-state index contributed by atoms with van der Waals surface area (Å²) in [5.41, 5.74) is 8.04. The number of carbonyl (C=O) groups excluding carboxylic acids is 2. The predicted molar refractivity (Wildman–Crippen MR) is 104 cm³/mol. The summed E-state index contributed by atoms with van der Waals surface area (Å²) < 4.78 is 10.7. The molecule has 28 heavy (non-hydrogen) atoms. The molecular weight excluding hydrogens is 360 g/mol. The smallest absolute Gasteiger partial charge is 0.332 e. The molecule has 0 radical (unpaired) electrons. The Morgan fingerprint density at radius 1 is 1.00 bits per heavy atom. The van der Waals surface area contributed by atoms with Crippen molar-refractivity contribution < 1.29 is 23.9 Å². The number of nitrogens with zero attached hydrogens (tertiary/aromatic N) is 1. The van der Waals surface area contributed by atoms with Crippen LogP contribution in [0.25, 0.3) is 0 Å². The molecule has 0 fully saturated rings. The minimum absolute atomic E-state index is 0.135. The minimum atomic E-state index is -1.05. The molecule has 2 unspecified atom stereocenters. The van der Waals surface area contributed by atoms with Gasteiger partial charge < -0.3 is 15.2 Å². The molecule has 2 aromatic rings. The lowest BCUT2D eigenvalue weighted by Crippen LogP contribution is -2.50. The monoisotopic (exact) mass is 386 g/mol. The van der Waals surface area contributed by atoms with Crippen LogP contribution < -0.4 is 5.73 Å². The first-order chi connectivity index (χ1) is 13.5. The molecular formula is C21H26N2O5. The lowest BCUT2D eigenvalue weighted by molar-refractivity contribution is -0.184. The number of hydrogen-bond donors (Lipinski definition) is 1. The summed E-state index contributed by atoms with van der Waals surface area (Å²) in [6, 6.07) is 18.1. The van der Waals surface area contributed by atoms with E-state index in [4.69, 9.17) is 20.0 Å². The van der Waals surface area contributed by atoms with Gasteiger partial charge >= 0.3 is 5.97 Å². The van der Waals surface area contributed by atoms with Crippen LogP contribution in [0.5, 0.6) is 0 Å². The maximum absolute atomic E-state index is 12.5. The fourth-order valence-electron chi connectivity index (χ4n) is 2.58. The Labute approximate surface area is 164 Å². The Morgan fingerprint density at radius 2 is 1.57 bits per heavy atom. The highest BCUT2D eigenvalue weighted by Gasteiger charge is 2.30. The largest absolute Gasteiger partial charge is 0.459 e. The Hall–Kier alpha value is -2.74. The third-order valence-electron chi connectivity index (χ3n) is 4.15. The Morgan fingerprint density at radius 3 is 2.14 bits per heavy atom. The summed E-state index contributed by atoms with van der Waals surface area (Å²) in [6.45, 7) is -0.251. The first-order valence-corrected chi connectivity index (χ1v) is 8.93. The summed E-state index contributed by atoms with van der Waals surface area (Å²) in [5, 5.41) is 1.03. The molecule has 0 spiro atoms. The van der Waals surface area contributed by atoms with Gasteiger partial charge in [-0.05, 0) is 17.5 Å². The molecule has 2 aromatic carbocycles. The molecule has 0 saturated heterocycles. The van der Waals surface area contributed by atoms with Crippen molar-refractivity contribution in [2.75, 3.05) is 20.8 Å². The van der Waals surface area contributed by atoms with Crippen LogP contribution in [0.4, 0.5) is 0 Å². The highest BCUT2D eigenvalue weighted by molar-refractivity contribution is 5.81. The first-order valence-electron chi connectivity index (χ1n) is 8.93. The topological polar surface area (TPSA) is 91.1 Å². The van der Waals surface area contributed by atoms with Crippen LogP contribution in [-0.4, -0.2) is 49.8 Å². The van der Waals surface area contributed by atoms with Crippen LogP contribution >= 0.6 is 0 Å². The van der Waals surface area contributed by atoms with Gasteiger partial charge in [0.05, 0.1) is 7.11 Å². The van der Waals surface area contributed by atoms with E-state index in [0.29, 0.717) is 6.42 Å². The van der Waals surface area contributed by atoms with Crippen molar-refractivity contribution in [3.05, 3.63) is 71.8 Å². The van der Waals surface area contributed by atoms with E-state index in [1.165, 1.54) is 14.2 Å². The molecule has 1 amide bonds. The van der Waals surface area contributed by atoms with Gasteiger partial charge in [-0.2, -0.15) is 0 Å². The second-order valence-electron chi connectivity index (χ2n) is 6.25. The maximum Gasteiger partial charge on any atom is 0.332 e. The number of likely N-dealkylation sites (N-methyl/N-ethyl adjacent to an activating group) is 1. The second-order valence-corrected chi connectivity index (χ2v) is 6.25. The van der Waals surface area contributed by atoms with Crippen molar-refractivity contribution >= 4 is 11.9 Å². The Balaban J connectivity index is 1.94. The zero-order valence-corrected chi connectivity index (χ0v) is 16.1. The van der Waals surface area contributed by atoms with Crippen LogP contribution in [0.2, 0.25) is 0 Å². The van der Waals surface area contributed by atoms with E-state index in [2.05, 4.69) is 0 Å². The standard InChI is InChI=1S/C21H26N2O5/c1-23(26-2)21(25)20(18(22)13-16-9-5-3-6-10-16)28-15-19(24)27-14-17-11-7-4-8-12-17/h3-12,18,20H,13-15,22H2,1-2H3. The zero-order chi connectivity index (χ0) is 20.4. The van der Waals surface area contributed by atoms with Crippen LogP contribution in [0.15, 0.2) is 60.7 Å². The van der Waals surface area contributed by atoms with Gasteiger partial charge in [-0.3, -0.25) is 9.63 Å². The number of hydrogen-bond acceptors (Lipinski definition) is 6. The van der Waals surface area contributed by atoms with E-state index in [9.17, 15) is 9.59 Å². The first kappa shape index (κ1) is 21.6. The maximum atomic E-state index is 12.5. The Bertz CT molecular complexity index is 739. The van der Waals surface area contributed by atoms with Crippen molar-refractivity contribution in [1.29, 1.82) is 0 Å². The number of ether oxygens (including phenoxy) is 2. The molecule has 0 aliphatic carbocycles. The third kappa shape index (κ3) is 6.77. The lowest BCUT2D eigenvalue weighted by atomic mass is 10.0. The van der Waals surface area contributed by atoms with Crippen molar-refractivity contribution in [2.24, 2.45) is 5.73 Å². The van der Waals surface area contributed by atoms with Crippen LogP contribution in [-0.2, 0) is 36.9 Å². The number of esters is 1. The van der Waals surface area contributed by atoms with Gasteiger partial charge in [0.1, 0.15) is 13.2 Å². The fourth-order valence-corrected chi connectivity index (χ4v) is 2.58. The Kier molecular flexibility index (Phi) is 8.61. The van der Waals surface area contributed by atoms with Crippen molar-refractivity contribution in [1.82, 2.24) is 5.06 Å². The molecule has 0 aliphatic rings. The molecule has 0 saturated carbocycles. The van der Waals surface area contributed by atoms with Crippen molar-refractivity contribution in [3.8, 4) is 0 Å². The second kappa shape index (κ2) is 11.2. The van der Waals surface area contributed by atoms with Crippen molar-refractivity contribution in [3.63, 3.8) is 0 Å². The van der Waals surface area contributed by atoms with Gasteiger partial charge in [0.25, 0.3) is 5.91 Å². The molecule has 2 rings (SSSR count). The highest BCUT2D eigenvalue weighted by Crippen LogP contribution is 2.10. The van der Waals surface area contributed by atoms with Gasteiger partial charge in [0.15, 0.2) is 6.10 Å². The molecule has 0 aliphatic heterocycles. The summed E-state index contributed by atoms with van der Waals surface area (Å²) in [6.07, 6.45) is -0.636. The average molecular weight is 386 g/mol. The number of rotatable bonds is 10. The average Bonchev–Trinajstić information content (AvgIpc) is 2.73. The predicted octanol–water partition coefficient (Wildman–Crippen LogP) is 1.70. The highest BCUT2D eigenvalue weighted by atomic mass is 16.7. The molecule has 2 N–H and O–H groups in total. The minimum Gasteiger partial charge on any atom is -0.459 e. The number of hydroxylamine groups is 2. The van der Waals surface area contributed by atoms with Gasteiger partial charge in [0.2, 0.25) is 0 Å². The van der Waals surface area contributed by atoms with Gasteiger partial charge in [0, 0.05) is 13.1 Å². The molecule has 0 aromatic heterocycles. The zero-order valence-electron chi connectivity index (χ0n) is 16.1. The SMILES string of the molecule is CON(C)C(=O)C(OCC(=O)OCc1ccccc1)C(N)Cc1ccccc1. The molecule has 0 heterocycles. The van der Waals surface area contributed by atoms with Gasteiger partial charge in [-0.15, -0.1) is 0 Å². The molecule has 2 atom stereocenters. The van der Waals surface area contributed by atoms with Crippen LogP contribution in [0.3, 0.4) is 0 Å². The summed E-state index contributed by atoms with van der Waals surface area (Å²) in [7, 11) is 2.83. The summed E-state index contributed by atoms with van der Waals surface area (Å²) in [4.78, 5) is 29.5. The van der Waals surface area contributed by atoms with Gasteiger partial charge in [-0.1, -0.05) is 60.7 Å². The molecule has 7 nitrogen and oxygen atoms in total. The lowest BCUT2D eigenvalue weighted by Gasteiger charge is -2.26. The number of benzene rings is 2. The van der Waals surface area contributed by atoms with E-state index in [0.717, 1.165) is 16.2 Å². The molecule has 0 bridgehead atoms. The fraction of sp³-hybridized carbons (Fsp3) is 0.333. The van der Waals surface area contributed by atoms with E-state index in [-0.39, 0.29) is 13.2 Å². The van der Waals surface area contributed by atoms with Gasteiger partial charge in [-0.25, -0.2) is 9.86 Å². The van der Waals surface area contributed by atoms with E-state index < -0.39 is 24.0 Å². The number of amides is 1. The quantitative estimate of drug-likeness (QED) is 0.494. The molecule has 7 heteroatoms. The van der Waals surface area contributed by atoms with Crippen LogP contribution in [0, 0.1) is 0 Å². The van der Waals surface area contributed by atoms with E-state index in [1.807, 2.05) is 60.7 Å². The van der Waals surface area contributed by atoms with E-state index >= 15 is 0 Å². The van der Waals surface area contributed by atoms with Crippen molar-refractivity contribution in [2.45, 2.75) is 25.2 Å². The summed E-state index contributed by atoms with van der Waals surface area (Å²) >= 11 is 0.